The van der Waals surface area contributed by atoms with Crippen molar-refractivity contribution >= 4 is 20.6 Å². The van der Waals surface area contributed by atoms with Crippen molar-refractivity contribution in [2.75, 3.05) is 0 Å². The molecule has 0 aliphatic heterocycles. The lowest BCUT2D eigenvalue weighted by atomic mass is 10.2. The Morgan fingerprint density at radius 2 is 1.38 bits per heavy atom. The van der Waals surface area contributed by atoms with Crippen molar-refractivity contribution in [2.24, 2.45) is 0 Å². The van der Waals surface area contributed by atoms with Crippen molar-refractivity contribution in [3.8, 4) is 0 Å². The Balaban J connectivity index is 3.08. The van der Waals surface area contributed by atoms with Crippen LogP contribution in [-0.2, 0) is 27.2 Å². The Bertz CT molecular complexity index is 518. The van der Waals surface area contributed by atoms with Crippen LogP contribution in [0.25, 0.3) is 0 Å². The van der Waals surface area contributed by atoms with Gasteiger partial charge in [0.1, 0.15) is 6.54 Å². The third kappa shape index (κ3) is 3.54. The molecule has 7 nitrogen and oxygen atoms in total. The summed E-state index contributed by atoms with van der Waals surface area (Å²) in [6.07, 6.45) is 0. The van der Waals surface area contributed by atoms with Gasteiger partial charge in [0.2, 0.25) is 0 Å². The second kappa shape index (κ2) is 4.47. The molecule has 0 unspecified atom stereocenters. The summed E-state index contributed by atoms with van der Waals surface area (Å²) in [4.78, 5) is 0. The molecule has 90 valence electrons. The molecule has 0 bridgehead atoms. The smallest absolute Gasteiger partial charge is 0.240 e. The molecule has 0 aromatic heterocycles. The van der Waals surface area contributed by atoms with E-state index >= 15 is 0 Å². The van der Waals surface area contributed by atoms with Crippen LogP contribution in [0.2, 0.25) is 0 Å². The van der Waals surface area contributed by atoms with Crippen LogP contribution in [0.5, 0.6) is 0 Å². The SMILES string of the molecule is O=S(=O)(O)[NH+](Cc1ccccc1)S(=O)(=O)O. The highest BCUT2D eigenvalue weighted by atomic mass is 32.3. The fourth-order valence-corrected chi connectivity index (χ4v) is 2.84. The van der Waals surface area contributed by atoms with Gasteiger partial charge in [-0.2, -0.15) is 0 Å². The molecule has 16 heavy (non-hydrogen) atoms. The molecule has 0 heterocycles. The van der Waals surface area contributed by atoms with E-state index < -0.39 is 30.9 Å². The van der Waals surface area contributed by atoms with Gasteiger partial charge < -0.3 is 0 Å². The summed E-state index contributed by atoms with van der Waals surface area (Å²) in [5.41, 5.74) is 0.341. The summed E-state index contributed by atoms with van der Waals surface area (Å²) < 4.78 is 59.1. The molecule has 1 rings (SSSR count). The van der Waals surface area contributed by atoms with E-state index in [0.29, 0.717) is 5.56 Å². The van der Waals surface area contributed by atoms with Crippen LogP contribution in [0.3, 0.4) is 0 Å². The van der Waals surface area contributed by atoms with Crippen LogP contribution in [-0.4, -0.2) is 25.9 Å². The van der Waals surface area contributed by atoms with E-state index in [-0.39, 0.29) is 0 Å². The van der Waals surface area contributed by atoms with E-state index in [0.717, 1.165) is 0 Å². The normalized spacial score (nSPS) is 12.9. The van der Waals surface area contributed by atoms with Gasteiger partial charge in [-0.25, -0.2) is 9.11 Å². The second-order valence-corrected chi connectivity index (χ2v) is 6.13. The van der Waals surface area contributed by atoms with Crippen LogP contribution in [0.15, 0.2) is 30.3 Å². The third-order valence-corrected chi connectivity index (χ3v) is 4.47. The molecule has 9 heteroatoms. The zero-order chi connectivity index (χ0) is 12.4. The highest BCUT2D eigenvalue weighted by Crippen LogP contribution is 1.96. The minimum atomic E-state index is -4.94. The Morgan fingerprint density at radius 3 is 1.75 bits per heavy atom. The fourth-order valence-electron chi connectivity index (χ4n) is 1.08. The van der Waals surface area contributed by atoms with Gasteiger partial charge in [0.25, 0.3) is 0 Å². The average Bonchev–Trinajstić information content (AvgIpc) is 2.12. The Hall–Kier alpha value is -1.00. The summed E-state index contributed by atoms with van der Waals surface area (Å²) in [6.45, 7) is -0.585. The minimum Gasteiger partial charge on any atom is -0.240 e. The number of hydrogen-bond acceptors (Lipinski definition) is 4. The topological polar surface area (TPSA) is 113 Å². The summed E-state index contributed by atoms with van der Waals surface area (Å²) >= 11 is 0. The number of rotatable bonds is 4. The quantitative estimate of drug-likeness (QED) is 0.584. The molecule has 1 aromatic rings. The van der Waals surface area contributed by atoms with Gasteiger partial charge in [-0.3, -0.25) is 0 Å². The molecular weight excluding hydrogens is 258 g/mol. The van der Waals surface area contributed by atoms with Crippen LogP contribution in [0.4, 0.5) is 0 Å². The van der Waals surface area contributed by atoms with Crippen molar-refractivity contribution < 1.29 is 29.7 Å². The molecule has 1 aromatic carbocycles. The lowest BCUT2D eigenvalue weighted by molar-refractivity contribution is -0.648. The van der Waals surface area contributed by atoms with Gasteiger partial charge in [-0.1, -0.05) is 34.0 Å². The number of hydrogen-bond donors (Lipinski definition) is 3. The van der Waals surface area contributed by atoms with Gasteiger partial charge in [-0.15, -0.1) is 16.8 Å². The van der Waals surface area contributed by atoms with Crippen molar-refractivity contribution in [1.82, 2.24) is 0 Å². The van der Waals surface area contributed by atoms with E-state index in [1.807, 2.05) is 0 Å². The summed E-state index contributed by atoms with van der Waals surface area (Å²) in [5, 5.41) is 0. The molecule has 0 aliphatic rings. The average molecular weight is 268 g/mol. The van der Waals surface area contributed by atoms with Gasteiger partial charge in [0, 0.05) is 5.56 Å². The van der Waals surface area contributed by atoms with E-state index in [1.54, 1.807) is 18.2 Å². The maximum Gasteiger partial charge on any atom is 0.448 e. The highest BCUT2D eigenvalue weighted by Gasteiger charge is 2.35. The van der Waals surface area contributed by atoms with E-state index in [9.17, 15) is 16.8 Å². The summed E-state index contributed by atoms with van der Waals surface area (Å²) in [5.74, 6) is 0. The second-order valence-electron chi connectivity index (χ2n) is 2.98. The molecular formula is C7H10NO6S2+. The lowest BCUT2D eigenvalue weighted by Crippen LogP contribution is -3.14. The molecule has 0 spiro atoms. The van der Waals surface area contributed by atoms with Crippen LogP contribution < -0.4 is 3.71 Å². The Kier molecular flexibility index (Phi) is 3.65. The molecule has 0 radical (unpaired) electrons. The zero-order valence-corrected chi connectivity index (χ0v) is 9.57. The maximum absolute atomic E-state index is 10.8. The van der Waals surface area contributed by atoms with Crippen LogP contribution in [0, 0.1) is 0 Å². The standard InChI is InChI=1S/C7H9NO6S2/c9-15(10,11)8(16(12,13)14)6-7-4-2-1-3-5-7/h1-5H,6H2,(H,9,10,11)(H,12,13,14)/p+1. The predicted octanol–water partition coefficient (Wildman–Crippen LogP) is -1.32. The van der Waals surface area contributed by atoms with Crippen LogP contribution >= 0.6 is 0 Å². The Morgan fingerprint density at radius 1 is 0.938 bits per heavy atom. The first-order valence-corrected chi connectivity index (χ1v) is 6.94. The Labute approximate surface area is 93.1 Å². The van der Waals surface area contributed by atoms with Crippen molar-refractivity contribution in [2.45, 2.75) is 6.54 Å². The van der Waals surface area contributed by atoms with Gasteiger partial charge in [-0.05, 0) is 0 Å². The van der Waals surface area contributed by atoms with Gasteiger partial charge in [0.15, 0.2) is 0 Å². The zero-order valence-electron chi connectivity index (χ0n) is 7.94. The first-order chi connectivity index (χ1) is 7.21. The van der Waals surface area contributed by atoms with E-state index in [2.05, 4.69) is 0 Å². The van der Waals surface area contributed by atoms with Crippen molar-refractivity contribution in [3.05, 3.63) is 35.9 Å². The van der Waals surface area contributed by atoms with Crippen LogP contribution in [0.1, 0.15) is 5.56 Å². The molecule has 0 aliphatic carbocycles. The highest BCUT2D eigenvalue weighted by molar-refractivity contribution is 7.91. The first kappa shape index (κ1) is 13.1. The molecule has 3 N–H and O–H groups in total. The lowest BCUT2D eigenvalue weighted by Gasteiger charge is -2.10. The number of quaternary nitrogens is 1. The molecule has 0 atom stereocenters. The number of benzene rings is 1. The number of nitrogens with one attached hydrogen (secondary N) is 1. The largest absolute Gasteiger partial charge is 0.448 e. The predicted molar refractivity (Wildman–Crippen MR) is 54.2 cm³/mol. The molecule has 0 amide bonds. The van der Waals surface area contributed by atoms with Gasteiger partial charge in [0.05, 0.1) is 0 Å². The fraction of sp³-hybridized carbons (Fsp3) is 0.143. The van der Waals surface area contributed by atoms with Crippen molar-refractivity contribution in [3.63, 3.8) is 0 Å². The van der Waals surface area contributed by atoms with E-state index in [1.165, 1.54) is 12.1 Å². The molecule has 0 fully saturated rings. The maximum atomic E-state index is 10.8. The first-order valence-electron chi connectivity index (χ1n) is 4.06. The van der Waals surface area contributed by atoms with Crippen molar-refractivity contribution in [1.29, 1.82) is 0 Å². The third-order valence-electron chi connectivity index (χ3n) is 1.77. The van der Waals surface area contributed by atoms with E-state index in [4.69, 9.17) is 9.11 Å². The minimum absolute atomic E-state index is 0.341. The monoisotopic (exact) mass is 268 g/mol. The molecule has 0 saturated carbocycles. The molecule has 0 saturated heterocycles. The summed E-state index contributed by atoms with van der Waals surface area (Å²) in [7, 11) is -9.88. The summed E-state index contributed by atoms with van der Waals surface area (Å²) in [6, 6.07) is 7.73. The van der Waals surface area contributed by atoms with Gasteiger partial charge >= 0.3 is 20.6 Å².